The first-order valence-corrected chi connectivity index (χ1v) is 15.9. The number of likely N-dealkylation sites (N-methyl/N-ethyl adjacent to an activating group) is 1. The first-order valence-electron chi connectivity index (χ1n) is 15.9. The van der Waals surface area contributed by atoms with Gasteiger partial charge in [0.25, 0.3) is 0 Å². The van der Waals surface area contributed by atoms with Gasteiger partial charge in [0.1, 0.15) is 37.2 Å². The van der Waals surface area contributed by atoms with Gasteiger partial charge in [0.05, 0.1) is 19.8 Å². The van der Waals surface area contributed by atoms with E-state index in [-0.39, 0.29) is 26.2 Å². The van der Waals surface area contributed by atoms with E-state index < -0.39 is 41.6 Å². The largest absolute Gasteiger partial charge is 0.487 e. The summed E-state index contributed by atoms with van der Waals surface area (Å²) >= 11 is 0. The molecule has 1 fully saturated rings. The van der Waals surface area contributed by atoms with Crippen molar-refractivity contribution < 1.29 is 42.8 Å². The van der Waals surface area contributed by atoms with Crippen LogP contribution in [0.1, 0.15) is 51.3 Å². The van der Waals surface area contributed by atoms with Crippen LogP contribution in [0, 0.1) is 0 Å². The number of nitrogens with zero attached hydrogens (tertiary/aromatic N) is 2. The normalized spacial score (nSPS) is 16.1. The molecular weight excluding hydrogens is 616 g/mol. The molecule has 0 radical (unpaired) electrons. The zero-order valence-corrected chi connectivity index (χ0v) is 28.8. The van der Waals surface area contributed by atoms with Gasteiger partial charge in [0, 0.05) is 13.5 Å². The van der Waals surface area contributed by atoms with Crippen LogP contribution >= 0.6 is 0 Å². The van der Waals surface area contributed by atoms with Gasteiger partial charge in [-0.25, -0.2) is 14.4 Å². The molecule has 11 nitrogen and oxygen atoms in total. The number of carbonyl (C=O) groups is 3. The Kier molecular flexibility index (Phi) is 11.9. The molecule has 4 rings (SSSR count). The van der Waals surface area contributed by atoms with Crippen molar-refractivity contribution in [3.05, 3.63) is 95.6 Å². The molecular formula is C37H46N2O9. The molecule has 0 saturated carbocycles. The topological polar surface area (TPSA) is 113 Å². The van der Waals surface area contributed by atoms with Crippen LogP contribution in [0.3, 0.4) is 0 Å². The minimum absolute atomic E-state index is 0.0609. The molecule has 0 N–H and O–H groups in total. The van der Waals surface area contributed by atoms with Gasteiger partial charge in [0.15, 0.2) is 11.5 Å². The predicted molar refractivity (Wildman–Crippen MR) is 179 cm³/mol. The predicted octanol–water partition coefficient (Wildman–Crippen LogP) is 6.37. The first kappa shape index (κ1) is 36.1. The highest BCUT2D eigenvalue weighted by molar-refractivity contribution is 5.81. The van der Waals surface area contributed by atoms with Crippen molar-refractivity contribution in [3.63, 3.8) is 0 Å². The van der Waals surface area contributed by atoms with Crippen LogP contribution in [0.25, 0.3) is 0 Å². The van der Waals surface area contributed by atoms with Crippen molar-refractivity contribution >= 4 is 18.2 Å². The van der Waals surface area contributed by atoms with Gasteiger partial charge in [-0.15, -0.1) is 0 Å². The third-order valence-electron chi connectivity index (χ3n) is 7.70. The summed E-state index contributed by atoms with van der Waals surface area (Å²) in [5.41, 5.74) is 0.880. The van der Waals surface area contributed by atoms with E-state index in [0.29, 0.717) is 23.7 Å². The fourth-order valence-electron chi connectivity index (χ4n) is 5.21. The van der Waals surface area contributed by atoms with Gasteiger partial charge in [0.2, 0.25) is 0 Å². The summed E-state index contributed by atoms with van der Waals surface area (Å²) in [7, 11) is 2.77. The molecule has 0 spiro atoms. The van der Waals surface area contributed by atoms with E-state index in [1.165, 1.54) is 19.1 Å². The monoisotopic (exact) mass is 662 g/mol. The minimum atomic E-state index is -0.978. The Morgan fingerprint density at radius 3 is 2.12 bits per heavy atom. The lowest BCUT2D eigenvalue weighted by molar-refractivity contribution is -0.146. The van der Waals surface area contributed by atoms with E-state index in [0.717, 1.165) is 11.1 Å². The van der Waals surface area contributed by atoms with Crippen molar-refractivity contribution in [1.82, 2.24) is 9.80 Å². The summed E-state index contributed by atoms with van der Waals surface area (Å²) < 4.78 is 34.7. The van der Waals surface area contributed by atoms with Crippen LogP contribution < -0.4 is 9.47 Å². The highest BCUT2D eigenvalue weighted by atomic mass is 16.6. The number of benzene rings is 3. The van der Waals surface area contributed by atoms with E-state index in [1.807, 2.05) is 81.4 Å². The fraction of sp³-hybridized carbons (Fsp3) is 0.432. The Morgan fingerprint density at radius 1 is 0.896 bits per heavy atom. The van der Waals surface area contributed by atoms with Crippen LogP contribution in [0.5, 0.6) is 11.5 Å². The number of hydrogen-bond donors (Lipinski definition) is 0. The lowest BCUT2D eigenvalue weighted by Crippen LogP contribution is -2.51. The quantitative estimate of drug-likeness (QED) is 0.161. The smallest absolute Gasteiger partial charge is 0.413 e. The summed E-state index contributed by atoms with van der Waals surface area (Å²) in [5, 5.41) is 0. The number of ether oxygens (including phenoxy) is 6. The van der Waals surface area contributed by atoms with Crippen LogP contribution in [-0.2, 0) is 43.4 Å². The maximum Gasteiger partial charge on any atom is 0.413 e. The molecule has 3 aromatic rings. The molecule has 1 heterocycles. The molecule has 0 unspecified atom stereocenters. The van der Waals surface area contributed by atoms with E-state index in [9.17, 15) is 14.4 Å². The highest BCUT2D eigenvalue weighted by Crippen LogP contribution is 2.33. The Bertz CT molecular complexity index is 1520. The standard InChI is InChI=1S/C37H46N2O9/c1-36(2,3)48-35(42)39-29(25-47-37(39,4)5)24-45-32-21-28(18-19-31(32)44-22-26-14-10-8-11-15-26)20-30(33(40)43-7)38(6)34(41)46-23-27-16-12-9-13-17-27/h8-19,21,29-30H,20,22-25H2,1-7H3/t29-,30-/m0/s1. The first-order chi connectivity index (χ1) is 22.8. The molecule has 258 valence electrons. The number of amides is 2. The Balaban J connectivity index is 1.55. The molecule has 0 aromatic heterocycles. The molecule has 1 aliphatic heterocycles. The van der Waals surface area contributed by atoms with Crippen molar-refractivity contribution in [2.45, 2.75) is 77.7 Å². The van der Waals surface area contributed by atoms with Gasteiger partial charge in [-0.3, -0.25) is 9.80 Å². The number of methoxy groups -OCH3 is 1. The Morgan fingerprint density at radius 2 is 1.52 bits per heavy atom. The second kappa shape index (κ2) is 15.9. The zero-order valence-electron chi connectivity index (χ0n) is 28.8. The van der Waals surface area contributed by atoms with Crippen LogP contribution in [-0.4, -0.2) is 78.7 Å². The molecule has 0 aliphatic carbocycles. The Hall–Kier alpha value is -4.77. The van der Waals surface area contributed by atoms with Gasteiger partial charge in [-0.05, 0) is 63.4 Å². The maximum absolute atomic E-state index is 13.2. The average molecular weight is 663 g/mol. The zero-order chi connectivity index (χ0) is 34.9. The second-order valence-corrected chi connectivity index (χ2v) is 13.0. The van der Waals surface area contributed by atoms with E-state index in [4.69, 9.17) is 28.4 Å². The third-order valence-corrected chi connectivity index (χ3v) is 7.70. The lowest BCUT2D eigenvalue weighted by atomic mass is 10.0. The molecule has 1 saturated heterocycles. The Labute approximate surface area is 282 Å². The van der Waals surface area contributed by atoms with Crippen molar-refractivity contribution in [2.75, 3.05) is 27.4 Å². The number of hydrogen-bond acceptors (Lipinski definition) is 9. The van der Waals surface area contributed by atoms with Crippen molar-refractivity contribution in [3.8, 4) is 11.5 Å². The van der Waals surface area contributed by atoms with Crippen LogP contribution in [0.4, 0.5) is 9.59 Å². The lowest BCUT2D eigenvalue weighted by Gasteiger charge is -2.35. The maximum atomic E-state index is 13.2. The molecule has 11 heteroatoms. The number of carbonyl (C=O) groups excluding carboxylic acids is 3. The van der Waals surface area contributed by atoms with Crippen LogP contribution in [0.15, 0.2) is 78.9 Å². The summed E-state index contributed by atoms with van der Waals surface area (Å²) in [6, 6.07) is 22.9. The number of esters is 1. The molecule has 3 aromatic carbocycles. The molecule has 1 aliphatic rings. The third kappa shape index (κ3) is 9.87. The van der Waals surface area contributed by atoms with Gasteiger partial charge < -0.3 is 28.4 Å². The van der Waals surface area contributed by atoms with Crippen molar-refractivity contribution in [1.29, 1.82) is 0 Å². The molecule has 2 atom stereocenters. The fourth-order valence-corrected chi connectivity index (χ4v) is 5.21. The van der Waals surface area contributed by atoms with Gasteiger partial charge in [-0.2, -0.15) is 0 Å². The highest BCUT2D eigenvalue weighted by Gasteiger charge is 2.46. The number of rotatable bonds is 12. The van der Waals surface area contributed by atoms with Gasteiger partial charge >= 0.3 is 18.2 Å². The van der Waals surface area contributed by atoms with Crippen molar-refractivity contribution in [2.24, 2.45) is 0 Å². The van der Waals surface area contributed by atoms with E-state index >= 15 is 0 Å². The summed E-state index contributed by atoms with van der Waals surface area (Å²) in [5.74, 6) is 0.268. The van der Waals surface area contributed by atoms with E-state index in [2.05, 4.69) is 0 Å². The summed E-state index contributed by atoms with van der Waals surface area (Å²) in [4.78, 5) is 41.9. The SMILES string of the molecule is COC(=O)[C@H](Cc1ccc(OCc2ccccc2)c(OC[C@H]2COC(C)(C)N2C(=O)OC(C)(C)C)c1)N(C)C(=O)OCc1ccccc1. The van der Waals surface area contributed by atoms with Crippen LogP contribution in [0.2, 0.25) is 0 Å². The minimum Gasteiger partial charge on any atom is -0.487 e. The van der Waals surface area contributed by atoms with E-state index in [1.54, 1.807) is 36.9 Å². The summed E-state index contributed by atoms with van der Waals surface area (Å²) in [6.45, 7) is 9.72. The van der Waals surface area contributed by atoms with Gasteiger partial charge in [-0.1, -0.05) is 66.7 Å². The average Bonchev–Trinajstić information content (AvgIpc) is 3.37. The second-order valence-electron chi connectivity index (χ2n) is 13.0. The molecule has 0 bridgehead atoms. The molecule has 2 amide bonds. The molecule has 48 heavy (non-hydrogen) atoms. The summed E-state index contributed by atoms with van der Waals surface area (Å²) in [6.07, 6.45) is -1.06.